The van der Waals surface area contributed by atoms with Crippen LogP contribution < -0.4 is 15.5 Å². The van der Waals surface area contributed by atoms with Crippen molar-refractivity contribution in [1.29, 1.82) is 0 Å². The van der Waals surface area contributed by atoms with Gasteiger partial charge in [-0.05, 0) is 56.5 Å². The molecule has 1 aromatic carbocycles. The number of anilines is 1. The van der Waals surface area contributed by atoms with E-state index in [1.165, 1.54) is 31.6 Å². The molecule has 2 aliphatic heterocycles. The van der Waals surface area contributed by atoms with Gasteiger partial charge < -0.3 is 20.4 Å². The second-order valence-electron chi connectivity index (χ2n) is 7.41. The molecule has 27 heavy (non-hydrogen) atoms. The molecule has 0 aliphatic carbocycles. The summed E-state index contributed by atoms with van der Waals surface area (Å²) >= 11 is 6.13. The summed E-state index contributed by atoms with van der Waals surface area (Å²) in [4.78, 5) is 9.36. The fraction of sp³-hybridized carbons (Fsp3) is 0.650. The van der Waals surface area contributed by atoms with E-state index in [-0.39, 0.29) is 24.0 Å². The summed E-state index contributed by atoms with van der Waals surface area (Å²) in [6, 6.07) is 8.53. The summed E-state index contributed by atoms with van der Waals surface area (Å²) in [5.74, 6) is 1.64. The van der Waals surface area contributed by atoms with Gasteiger partial charge in [-0.3, -0.25) is 4.99 Å². The van der Waals surface area contributed by atoms with E-state index < -0.39 is 0 Å². The van der Waals surface area contributed by atoms with E-state index in [9.17, 15) is 0 Å². The third-order valence-corrected chi connectivity index (χ3v) is 5.77. The lowest BCUT2D eigenvalue weighted by atomic mass is 9.98. The summed E-state index contributed by atoms with van der Waals surface area (Å²) in [5, 5.41) is 7.94. The van der Waals surface area contributed by atoms with E-state index in [0.717, 1.165) is 43.6 Å². The fourth-order valence-corrected chi connectivity index (χ4v) is 4.20. The maximum absolute atomic E-state index is 6.13. The second-order valence-corrected chi connectivity index (χ2v) is 7.85. The van der Waals surface area contributed by atoms with Crippen LogP contribution in [-0.4, -0.2) is 63.2 Å². The van der Waals surface area contributed by atoms with Gasteiger partial charge >= 0.3 is 0 Å². The summed E-state index contributed by atoms with van der Waals surface area (Å²) < 4.78 is 0. The maximum atomic E-state index is 6.13. The molecule has 0 bridgehead atoms. The molecular weight excluding hydrogens is 473 g/mol. The van der Waals surface area contributed by atoms with Gasteiger partial charge in [-0.1, -0.05) is 24.6 Å². The molecule has 2 heterocycles. The molecule has 1 aromatic rings. The standard InChI is InChI=1S/C20H32ClN5.HI/c1-3-25-10-5-6-16(14-25)13-23-20(22-2)24-18-9-11-26(15-18)19-8-4-7-17(21)12-19;/h4,7-8,12,16,18H,3,5-6,9-11,13-15H2,1-2H3,(H2,22,23,24);1H. The Bertz CT molecular complexity index is 612. The van der Waals surface area contributed by atoms with Crippen molar-refractivity contribution in [3.63, 3.8) is 0 Å². The van der Waals surface area contributed by atoms with Crippen LogP contribution in [0.15, 0.2) is 29.3 Å². The largest absolute Gasteiger partial charge is 0.369 e. The minimum atomic E-state index is 0. The smallest absolute Gasteiger partial charge is 0.191 e. The molecule has 2 unspecified atom stereocenters. The van der Waals surface area contributed by atoms with Gasteiger partial charge in [-0.15, -0.1) is 24.0 Å². The number of likely N-dealkylation sites (tertiary alicyclic amines) is 1. The number of piperidine rings is 1. The Balaban J connectivity index is 0.00000261. The topological polar surface area (TPSA) is 42.9 Å². The molecule has 2 N–H and O–H groups in total. The molecule has 7 heteroatoms. The number of hydrogen-bond donors (Lipinski definition) is 2. The quantitative estimate of drug-likeness (QED) is 0.366. The van der Waals surface area contributed by atoms with Gasteiger partial charge in [0.15, 0.2) is 5.96 Å². The lowest BCUT2D eigenvalue weighted by molar-refractivity contribution is 0.183. The summed E-state index contributed by atoms with van der Waals surface area (Å²) in [5.41, 5.74) is 1.20. The average molecular weight is 506 g/mol. The Morgan fingerprint density at radius 2 is 2.11 bits per heavy atom. The van der Waals surface area contributed by atoms with Gasteiger partial charge in [0.1, 0.15) is 0 Å². The molecule has 0 saturated carbocycles. The minimum absolute atomic E-state index is 0. The molecule has 2 aliphatic rings. The lowest BCUT2D eigenvalue weighted by Gasteiger charge is -2.32. The zero-order valence-corrected chi connectivity index (χ0v) is 19.5. The summed E-state index contributed by atoms with van der Waals surface area (Å²) in [6.45, 7) is 8.89. The van der Waals surface area contributed by atoms with Gasteiger partial charge in [-0.2, -0.15) is 0 Å². The predicted molar refractivity (Wildman–Crippen MR) is 127 cm³/mol. The highest BCUT2D eigenvalue weighted by Gasteiger charge is 2.24. The summed E-state index contributed by atoms with van der Waals surface area (Å²) in [7, 11) is 1.86. The van der Waals surface area contributed by atoms with Crippen LogP contribution in [-0.2, 0) is 0 Å². The van der Waals surface area contributed by atoms with Crippen LogP contribution >= 0.6 is 35.6 Å². The molecule has 0 spiro atoms. The number of halogens is 2. The van der Waals surface area contributed by atoms with Crippen LogP contribution in [0.4, 0.5) is 5.69 Å². The highest BCUT2D eigenvalue weighted by atomic mass is 127. The summed E-state index contributed by atoms with van der Waals surface area (Å²) in [6.07, 6.45) is 3.73. The molecule has 0 radical (unpaired) electrons. The van der Waals surface area contributed by atoms with Gasteiger partial charge in [0, 0.05) is 50.0 Å². The molecule has 5 nitrogen and oxygen atoms in total. The first kappa shape index (κ1) is 22.6. The lowest BCUT2D eigenvalue weighted by Crippen LogP contribution is -2.47. The first-order valence-corrected chi connectivity index (χ1v) is 10.3. The minimum Gasteiger partial charge on any atom is -0.369 e. The molecule has 2 saturated heterocycles. The van der Waals surface area contributed by atoms with Gasteiger partial charge in [-0.25, -0.2) is 0 Å². The van der Waals surface area contributed by atoms with E-state index in [4.69, 9.17) is 11.6 Å². The van der Waals surface area contributed by atoms with Gasteiger partial charge in [0.05, 0.1) is 0 Å². The van der Waals surface area contributed by atoms with E-state index in [1.807, 2.05) is 25.2 Å². The highest BCUT2D eigenvalue weighted by molar-refractivity contribution is 14.0. The molecular formula is C20H33ClIN5. The van der Waals surface area contributed by atoms with E-state index in [2.05, 4.69) is 38.4 Å². The Labute approximate surface area is 185 Å². The Kier molecular flexibility index (Phi) is 9.45. The van der Waals surface area contributed by atoms with E-state index in [0.29, 0.717) is 12.0 Å². The van der Waals surface area contributed by atoms with Crippen molar-refractivity contribution in [2.45, 2.75) is 32.2 Å². The number of rotatable bonds is 5. The van der Waals surface area contributed by atoms with Crippen molar-refractivity contribution in [1.82, 2.24) is 15.5 Å². The highest BCUT2D eigenvalue weighted by Crippen LogP contribution is 2.23. The zero-order valence-electron chi connectivity index (χ0n) is 16.5. The van der Waals surface area contributed by atoms with Crippen molar-refractivity contribution >= 4 is 47.2 Å². The van der Waals surface area contributed by atoms with E-state index in [1.54, 1.807) is 0 Å². The number of nitrogens with zero attached hydrogens (tertiary/aromatic N) is 3. The van der Waals surface area contributed by atoms with Crippen LogP contribution in [0.25, 0.3) is 0 Å². The number of aliphatic imine (C=N–C) groups is 1. The zero-order chi connectivity index (χ0) is 18.4. The molecule has 0 aromatic heterocycles. The van der Waals surface area contributed by atoms with Crippen molar-refractivity contribution < 1.29 is 0 Å². The molecule has 3 rings (SSSR count). The molecule has 152 valence electrons. The molecule has 2 atom stereocenters. The van der Waals surface area contributed by atoms with Crippen LogP contribution in [0.2, 0.25) is 5.02 Å². The van der Waals surface area contributed by atoms with E-state index >= 15 is 0 Å². The Morgan fingerprint density at radius 1 is 1.26 bits per heavy atom. The molecule has 0 amide bonds. The maximum Gasteiger partial charge on any atom is 0.191 e. The number of nitrogens with one attached hydrogen (secondary N) is 2. The molecule has 2 fully saturated rings. The number of hydrogen-bond acceptors (Lipinski definition) is 3. The monoisotopic (exact) mass is 505 g/mol. The fourth-order valence-electron chi connectivity index (χ4n) is 4.02. The third-order valence-electron chi connectivity index (χ3n) is 5.53. The first-order valence-electron chi connectivity index (χ1n) is 9.88. The SMILES string of the molecule is CCN1CCCC(CNC(=NC)NC2CCN(c3cccc(Cl)c3)C2)C1.I. The predicted octanol–water partition coefficient (Wildman–Crippen LogP) is 3.43. The second kappa shape index (κ2) is 11.3. The normalized spacial score (nSPS) is 23.8. The van der Waals surface area contributed by atoms with Crippen molar-refractivity contribution in [2.75, 3.05) is 51.2 Å². The number of guanidine groups is 1. The Morgan fingerprint density at radius 3 is 2.85 bits per heavy atom. The third kappa shape index (κ3) is 6.68. The van der Waals surface area contributed by atoms with Crippen LogP contribution in [0, 0.1) is 5.92 Å². The first-order chi connectivity index (χ1) is 12.7. The number of benzene rings is 1. The van der Waals surface area contributed by atoms with Gasteiger partial charge in [0.2, 0.25) is 0 Å². The Hall–Kier alpha value is -0.730. The van der Waals surface area contributed by atoms with Crippen molar-refractivity contribution in [3.05, 3.63) is 29.3 Å². The van der Waals surface area contributed by atoms with Crippen molar-refractivity contribution in [3.8, 4) is 0 Å². The van der Waals surface area contributed by atoms with Crippen LogP contribution in [0.1, 0.15) is 26.2 Å². The van der Waals surface area contributed by atoms with Crippen LogP contribution in [0.5, 0.6) is 0 Å². The average Bonchev–Trinajstić information content (AvgIpc) is 3.14. The van der Waals surface area contributed by atoms with Crippen molar-refractivity contribution in [2.24, 2.45) is 10.9 Å². The van der Waals surface area contributed by atoms with Crippen LogP contribution in [0.3, 0.4) is 0 Å². The van der Waals surface area contributed by atoms with Gasteiger partial charge in [0.25, 0.3) is 0 Å².